The number of halogens is 1. The summed E-state index contributed by atoms with van der Waals surface area (Å²) in [5.41, 5.74) is 1.65. The Morgan fingerprint density at radius 1 is 0.958 bits per heavy atom. The van der Waals surface area contributed by atoms with E-state index in [1.165, 1.54) is 0 Å². The standard InChI is InChI=1S/C19H17ClN2O2/c20-16-8-2-1-5-13(16)11-12-21-19(24)22-17-9-3-7-15-14(17)6-4-10-18(15)23/h1-10,23H,11-12H2,(H2,21,22,24). The molecule has 0 radical (unpaired) electrons. The second-order valence-corrected chi connectivity index (χ2v) is 5.81. The number of hydrogen-bond acceptors (Lipinski definition) is 2. The van der Waals surface area contributed by atoms with Gasteiger partial charge in [0.15, 0.2) is 0 Å². The molecule has 3 N–H and O–H groups in total. The number of phenols is 1. The lowest BCUT2D eigenvalue weighted by molar-refractivity contribution is 0.252. The van der Waals surface area contributed by atoms with Gasteiger partial charge in [-0.1, -0.05) is 54.1 Å². The van der Waals surface area contributed by atoms with Gasteiger partial charge in [0.05, 0.1) is 5.69 Å². The Hall–Kier alpha value is -2.72. The van der Waals surface area contributed by atoms with E-state index < -0.39 is 0 Å². The van der Waals surface area contributed by atoms with Gasteiger partial charge in [0.1, 0.15) is 5.75 Å². The number of benzene rings is 3. The molecule has 0 spiro atoms. The molecular formula is C19H17ClN2O2. The molecule has 4 nitrogen and oxygen atoms in total. The SMILES string of the molecule is O=C(NCCc1ccccc1Cl)Nc1cccc2c(O)cccc12. The van der Waals surface area contributed by atoms with Crippen LogP contribution >= 0.6 is 11.6 Å². The zero-order chi connectivity index (χ0) is 16.9. The third-order valence-electron chi connectivity index (χ3n) is 3.78. The summed E-state index contributed by atoms with van der Waals surface area (Å²) in [6, 6.07) is 17.9. The summed E-state index contributed by atoms with van der Waals surface area (Å²) >= 11 is 6.10. The maximum Gasteiger partial charge on any atom is 0.319 e. The summed E-state index contributed by atoms with van der Waals surface area (Å²) in [5, 5.41) is 17.7. The molecule has 5 heteroatoms. The van der Waals surface area contributed by atoms with E-state index in [9.17, 15) is 9.90 Å². The normalized spacial score (nSPS) is 10.5. The van der Waals surface area contributed by atoms with E-state index in [2.05, 4.69) is 10.6 Å². The first-order chi connectivity index (χ1) is 11.6. The molecule has 0 unspecified atom stereocenters. The smallest absolute Gasteiger partial charge is 0.319 e. The van der Waals surface area contributed by atoms with Crippen LogP contribution in [0.1, 0.15) is 5.56 Å². The number of carbonyl (C=O) groups is 1. The van der Waals surface area contributed by atoms with Crippen molar-refractivity contribution in [1.82, 2.24) is 5.32 Å². The van der Waals surface area contributed by atoms with E-state index in [1.807, 2.05) is 36.4 Å². The molecule has 0 fully saturated rings. The minimum atomic E-state index is -0.294. The van der Waals surface area contributed by atoms with Gasteiger partial charge < -0.3 is 15.7 Å². The maximum absolute atomic E-state index is 12.1. The number of phenolic OH excluding ortho intramolecular Hbond substituents is 1. The highest BCUT2D eigenvalue weighted by Crippen LogP contribution is 2.29. The monoisotopic (exact) mass is 340 g/mol. The summed E-state index contributed by atoms with van der Waals surface area (Å²) in [6.45, 7) is 0.478. The van der Waals surface area contributed by atoms with Crippen molar-refractivity contribution in [2.24, 2.45) is 0 Å². The number of amides is 2. The molecule has 0 atom stereocenters. The molecule has 24 heavy (non-hydrogen) atoms. The fourth-order valence-electron chi connectivity index (χ4n) is 2.58. The molecular weight excluding hydrogens is 324 g/mol. The number of hydrogen-bond donors (Lipinski definition) is 3. The lowest BCUT2D eigenvalue weighted by Crippen LogP contribution is -2.30. The largest absolute Gasteiger partial charge is 0.507 e. The Bertz CT molecular complexity index is 880. The van der Waals surface area contributed by atoms with Crippen molar-refractivity contribution in [1.29, 1.82) is 0 Å². The lowest BCUT2D eigenvalue weighted by Gasteiger charge is -2.11. The number of nitrogens with one attached hydrogen (secondary N) is 2. The first kappa shape index (κ1) is 16.1. The number of aromatic hydroxyl groups is 1. The molecule has 3 rings (SSSR count). The highest BCUT2D eigenvalue weighted by atomic mass is 35.5. The fourth-order valence-corrected chi connectivity index (χ4v) is 2.81. The number of rotatable bonds is 4. The zero-order valence-corrected chi connectivity index (χ0v) is 13.7. The molecule has 3 aromatic carbocycles. The van der Waals surface area contributed by atoms with Gasteiger partial charge in [-0.25, -0.2) is 4.79 Å². The first-order valence-electron chi connectivity index (χ1n) is 7.64. The van der Waals surface area contributed by atoms with Crippen LogP contribution in [0.5, 0.6) is 5.75 Å². The molecule has 0 aliphatic heterocycles. The van der Waals surface area contributed by atoms with Crippen LogP contribution in [-0.2, 0) is 6.42 Å². The van der Waals surface area contributed by atoms with Crippen molar-refractivity contribution < 1.29 is 9.90 Å². The molecule has 0 bridgehead atoms. The highest BCUT2D eigenvalue weighted by molar-refractivity contribution is 6.31. The van der Waals surface area contributed by atoms with E-state index in [4.69, 9.17) is 11.6 Å². The van der Waals surface area contributed by atoms with Crippen molar-refractivity contribution >= 4 is 34.1 Å². The molecule has 0 heterocycles. The number of fused-ring (bicyclic) bond motifs is 1. The summed E-state index contributed by atoms with van der Waals surface area (Å²) in [7, 11) is 0. The second-order valence-electron chi connectivity index (χ2n) is 5.40. The molecule has 0 aliphatic carbocycles. The van der Waals surface area contributed by atoms with Crippen molar-refractivity contribution in [2.75, 3.05) is 11.9 Å². The van der Waals surface area contributed by atoms with Gasteiger partial charge in [0.25, 0.3) is 0 Å². The number of anilines is 1. The van der Waals surface area contributed by atoms with Gasteiger partial charge in [0, 0.05) is 22.3 Å². The van der Waals surface area contributed by atoms with Gasteiger partial charge in [-0.15, -0.1) is 0 Å². The predicted molar refractivity (Wildman–Crippen MR) is 97.8 cm³/mol. The van der Waals surface area contributed by atoms with Crippen molar-refractivity contribution in [2.45, 2.75) is 6.42 Å². The number of urea groups is 1. The van der Waals surface area contributed by atoms with Crippen molar-refractivity contribution in [3.05, 3.63) is 71.2 Å². The quantitative estimate of drug-likeness (QED) is 0.651. The summed E-state index contributed by atoms with van der Waals surface area (Å²) in [6.07, 6.45) is 0.656. The highest BCUT2D eigenvalue weighted by Gasteiger charge is 2.07. The van der Waals surface area contributed by atoms with E-state index in [-0.39, 0.29) is 11.8 Å². The zero-order valence-electron chi connectivity index (χ0n) is 12.9. The summed E-state index contributed by atoms with van der Waals surface area (Å²) in [5.74, 6) is 0.190. The minimum Gasteiger partial charge on any atom is -0.507 e. The third-order valence-corrected chi connectivity index (χ3v) is 4.15. The van der Waals surface area contributed by atoms with Crippen LogP contribution in [0.4, 0.5) is 10.5 Å². The van der Waals surface area contributed by atoms with Gasteiger partial charge in [-0.2, -0.15) is 0 Å². The molecule has 0 saturated heterocycles. The predicted octanol–water partition coefficient (Wildman–Crippen LogP) is 4.56. The van der Waals surface area contributed by atoms with E-state index in [1.54, 1.807) is 24.3 Å². The van der Waals surface area contributed by atoms with Crippen LogP contribution in [-0.4, -0.2) is 17.7 Å². The summed E-state index contributed by atoms with van der Waals surface area (Å²) < 4.78 is 0. The van der Waals surface area contributed by atoms with Gasteiger partial charge >= 0.3 is 6.03 Å². The van der Waals surface area contributed by atoms with Crippen molar-refractivity contribution in [3.8, 4) is 5.75 Å². The molecule has 122 valence electrons. The van der Waals surface area contributed by atoms with E-state index in [0.29, 0.717) is 29.1 Å². The van der Waals surface area contributed by atoms with E-state index >= 15 is 0 Å². The Kier molecular flexibility index (Phi) is 4.87. The molecule has 0 aliphatic rings. The average Bonchev–Trinajstić information content (AvgIpc) is 2.58. The topological polar surface area (TPSA) is 61.4 Å². The maximum atomic E-state index is 12.1. The van der Waals surface area contributed by atoms with Crippen LogP contribution in [0.2, 0.25) is 5.02 Å². The van der Waals surface area contributed by atoms with Crippen molar-refractivity contribution in [3.63, 3.8) is 0 Å². The fraction of sp³-hybridized carbons (Fsp3) is 0.105. The van der Waals surface area contributed by atoms with Gasteiger partial charge in [-0.05, 0) is 30.2 Å². The Morgan fingerprint density at radius 3 is 2.54 bits per heavy atom. The van der Waals surface area contributed by atoms with Crippen LogP contribution in [0.15, 0.2) is 60.7 Å². The minimum absolute atomic E-state index is 0.190. The molecule has 0 saturated carbocycles. The van der Waals surface area contributed by atoms with Gasteiger partial charge in [0.2, 0.25) is 0 Å². The van der Waals surface area contributed by atoms with Crippen LogP contribution in [0, 0.1) is 0 Å². The Balaban J connectivity index is 1.63. The van der Waals surface area contributed by atoms with E-state index in [0.717, 1.165) is 10.9 Å². The van der Waals surface area contributed by atoms with Crippen LogP contribution in [0.3, 0.4) is 0 Å². The average molecular weight is 341 g/mol. The summed E-state index contributed by atoms with van der Waals surface area (Å²) in [4.78, 5) is 12.1. The van der Waals surface area contributed by atoms with Crippen LogP contribution < -0.4 is 10.6 Å². The number of carbonyl (C=O) groups excluding carboxylic acids is 1. The van der Waals surface area contributed by atoms with Gasteiger partial charge in [-0.3, -0.25) is 0 Å². The lowest BCUT2D eigenvalue weighted by atomic mass is 10.1. The van der Waals surface area contributed by atoms with Crippen LogP contribution in [0.25, 0.3) is 10.8 Å². The second kappa shape index (κ2) is 7.23. The Morgan fingerprint density at radius 2 is 1.71 bits per heavy atom. The Labute approximate surface area is 145 Å². The first-order valence-corrected chi connectivity index (χ1v) is 8.02. The third kappa shape index (κ3) is 3.60. The molecule has 3 aromatic rings. The molecule has 0 aromatic heterocycles. The molecule has 2 amide bonds.